The summed E-state index contributed by atoms with van der Waals surface area (Å²) in [5, 5.41) is 11.3. The monoisotopic (exact) mass is 558 g/mol. The number of piperidine rings is 1. The van der Waals surface area contributed by atoms with Crippen LogP contribution in [0.3, 0.4) is 0 Å². The summed E-state index contributed by atoms with van der Waals surface area (Å²) in [6.07, 6.45) is 6.35. The van der Waals surface area contributed by atoms with Gasteiger partial charge in [-0.15, -0.1) is 24.0 Å². The SMILES string of the molecule is CCNC(=NCC(c1ccc(Cl)cc1)n1cccn1)N1CCC(CC(=O)NC)CC1.I. The van der Waals surface area contributed by atoms with Crippen LogP contribution in [0, 0.1) is 5.92 Å². The van der Waals surface area contributed by atoms with Crippen molar-refractivity contribution in [2.75, 3.05) is 33.2 Å². The van der Waals surface area contributed by atoms with Crippen molar-refractivity contribution in [2.45, 2.75) is 32.2 Å². The van der Waals surface area contributed by atoms with Crippen LogP contribution in [-0.2, 0) is 4.79 Å². The van der Waals surface area contributed by atoms with Crippen molar-refractivity contribution in [3.8, 4) is 0 Å². The predicted molar refractivity (Wildman–Crippen MR) is 136 cm³/mol. The van der Waals surface area contributed by atoms with Crippen LogP contribution in [0.2, 0.25) is 5.02 Å². The third-order valence-electron chi connectivity index (χ3n) is 5.51. The van der Waals surface area contributed by atoms with Crippen molar-refractivity contribution < 1.29 is 4.79 Å². The number of carbonyl (C=O) groups is 1. The molecular formula is C22H32ClIN6O. The Morgan fingerprint density at radius 2 is 2.00 bits per heavy atom. The lowest BCUT2D eigenvalue weighted by atomic mass is 9.93. The van der Waals surface area contributed by atoms with Gasteiger partial charge in [0.15, 0.2) is 5.96 Å². The highest BCUT2D eigenvalue weighted by molar-refractivity contribution is 14.0. The molecule has 1 aliphatic rings. The van der Waals surface area contributed by atoms with Gasteiger partial charge in [0.05, 0.1) is 12.6 Å². The lowest BCUT2D eigenvalue weighted by molar-refractivity contribution is -0.121. The number of benzene rings is 1. The van der Waals surface area contributed by atoms with Crippen LogP contribution in [0.5, 0.6) is 0 Å². The van der Waals surface area contributed by atoms with E-state index in [2.05, 4.69) is 27.6 Å². The highest BCUT2D eigenvalue weighted by Gasteiger charge is 2.23. The fraction of sp³-hybridized carbons (Fsp3) is 0.500. The molecule has 7 nitrogen and oxygen atoms in total. The van der Waals surface area contributed by atoms with E-state index in [9.17, 15) is 4.79 Å². The van der Waals surface area contributed by atoms with E-state index in [0.717, 1.165) is 49.0 Å². The molecule has 2 aromatic rings. The van der Waals surface area contributed by atoms with Gasteiger partial charge in [-0.1, -0.05) is 23.7 Å². The molecule has 0 bridgehead atoms. The molecule has 0 saturated carbocycles. The molecule has 1 saturated heterocycles. The molecule has 2 N–H and O–H groups in total. The molecule has 2 heterocycles. The lowest BCUT2D eigenvalue weighted by Crippen LogP contribution is -2.46. The molecule has 3 rings (SSSR count). The number of carbonyl (C=O) groups excluding carboxylic acids is 1. The number of hydrogen-bond acceptors (Lipinski definition) is 3. The van der Waals surface area contributed by atoms with E-state index in [-0.39, 0.29) is 35.9 Å². The second-order valence-electron chi connectivity index (χ2n) is 7.56. The van der Waals surface area contributed by atoms with Crippen LogP contribution in [0.4, 0.5) is 0 Å². The summed E-state index contributed by atoms with van der Waals surface area (Å²) in [7, 11) is 1.70. The topological polar surface area (TPSA) is 74.5 Å². The minimum atomic E-state index is -0.00304. The number of nitrogens with zero attached hydrogens (tertiary/aromatic N) is 4. The Hall–Kier alpha value is -1.81. The van der Waals surface area contributed by atoms with E-state index in [1.165, 1.54) is 0 Å². The number of aliphatic imine (C=N–C) groups is 1. The summed E-state index contributed by atoms with van der Waals surface area (Å²) >= 11 is 6.07. The van der Waals surface area contributed by atoms with Gasteiger partial charge in [-0.3, -0.25) is 14.5 Å². The quantitative estimate of drug-likeness (QED) is 0.310. The van der Waals surface area contributed by atoms with Crippen molar-refractivity contribution >= 4 is 47.4 Å². The van der Waals surface area contributed by atoms with Crippen LogP contribution >= 0.6 is 35.6 Å². The summed E-state index contributed by atoms with van der Waals surface area (Å²) in [4.78, 5) is 18.9. The number of aromatic nitrogens is 2. The first-order valence-electron chi connectivity index (χ1n) is 10.6. The minimum Gasteiger partial charge on any atom is -0.359 e. The van der Waals surface area contributed by atoms with Gasteiger partial charge in [0.2, 0.25) is 5.91 Å². The van der Waals surface area contributed by atoms with Gasteiger partial charge in [-0.2, -0.15) is 5.10 Å². The first-order chi connectivity index (χ1) is 14.6. The van der Waals surface area contributed by atoms with Crippen LogP contribution in [0.15, 0.2) is 47.7 Å². The normalized spacial score (nSPS) is 15.8. The molecule has 1 amide bonds. The zero-order valence-corrected chi connectivity index (χ0v) is 21.2. The Kier molecular flexibility index (Phi) is 10.6. The molecule has 31 heavy (non-hydrogen) atoms. The fourth-order valence-electron chi connectivity index (χ4n) is 3.80. The van der Waals surface area contributed by atoms with E-state index in [4.69, 9.17) is 16.6 Å². The average molecular weight is 559 g/mol. The van der Waals surface area contributed by atoms with E-state index >= 15 is 0 Å². The first-order valence-corrected chi connectivity index (χ1v) is 11.0. The molecule has 1 aromatic carbocycles. The maximum absolute atomic E-state index is 11.7. The summed E-state index contributed by atoms with van der Waals surface area (Å²) in [5.74, 6) is 1.48. The van der Waals surface area contributed by atoms with Gasteiger partial charge in [-0.25, -0.2) is 0 Å². The highest BCUT2D eigenvalue weighted by atomic mass is 127. The number of nitrogens with one attached hydrogen (secondary N) is 2. The molecule has 9 heteroatoms. The standard InChI is InChI=1S/C22H31ClN6O.HI/c1-3-25-22(28-13-9-17(10-14-28)15-21(30)24-2)26-16-20(29-12-4-11-27-29)18-5-7-19(23)8-6-18;/h4-8,11-12,17,20H,3,9-10,13-16H2,1-2H3,(H,24,30)(H,25,26);1H. The summed E-state index contributed by atoms with van der Waals surface area (Å²) in [6.45, 7) is 5.27. The number of likely N-dealkylation sites (tertiary alicyclic amines) is 1. The number of amides is 1. The van der Waals surface area contributed by atoms with Gasteiger partial charge in [0.25, 0.3) is 0 Å². The molecule has 0 spiro atoms. The molecule has 1 atom stereocenters. The fourth-order valence-corrected chi connectivity index (χ4v) is 3.93. The highest BCUT2D eigenvalue weighted by Crippen LogP contribution is 2.22. The van der Waals surface area contributed by atoms with Crippen LogP contribution in [0.25, 0.3) is 0 Å². The molecule has 0 radical (unpaired) electrons. The van der Waals surface area contributed by atoms with Crippen LogP contribution < -0.4 is 10.6 Å². The Balaban J connectivity index is 0.00000341. The molecule has 0 aliphatic carbocycles. The van der Waals surface area contributed by atoms with Crippen molar-refractivity contribution in [3.63, 3.8) is 0 Å². The van der Waals surface area contributed by atoms with Crippen molar-refractivity contribution in [3.05, 3.63) is 53.3 Å². The van der Waals surface area contributed by atoms with Gasteiger partial charge in [0.1, 0.15) is 0 Å². The summed E-state index contributed by atoms with van der Waals surface area (Å²) in [5.41, 5.74) is 1.12. The number of rotatable bonds is 7. The second kappa shape index (κ2) is 12.9. The third-order valence-corrected chi connectivity index (χ3v) is 5.77. The van der Waals surface area contributed by atoms with Crippen molar-refractivity contribution in [1.82, 2.24) is 25.3 Å². The average Bonchev–Trinajstić information content (AvgIpc) is 3.29. The van der Waals surface area contributed by atoms with Gasteiger partial charge >= 0.3 is 0 Å². The molecule has 1 unspecified atom stereocenters. The molecule has 170 valence electrons. The maximum Gasteiger partial charge on any atom is 0.220 e. The summed E-state index contributed by atoms with van der Waals surface area (Å²) in [6, 6.07) is 9.79. The Bertz CT molecular complexity index is 819. The number of hydrogen-bond donors (Lipinski definition) is 2. The van der Waals surface area contributed by atoms with Gasteiger partial charge in [0, 0.05) is 50.5 Å². The predicted octanol–water partition coefficient (Wildman–Crippen LogP) is 3.56. The number of guanidine groups is 1. The second-order valence-corrected chi connectivity index (χ2v) is 7.99. The summed E-state index contributed by atoms with van der Waals surface area (Å²) < 4.78 is 1.94. The van der Waals surface area contributed by atoms with Crippen molar-refractivity contribution in [1.29, 1.82) is 0 Å². The van der Waals surface area contributed by atoms with E-state index in [1.807, 2.05) is 41.2 Å². The number of halogens is 2. The zero-order chi connectivity index (χ0) is 21.3. The van der Waals surface area contributed by atoms with E-state index in [1.54, 1.807) is 13.2 Å². The zero-order valence-electron chi connectivity index (χ0n) is 18.1. The Morgan fingerprint density at radius 3 is 2.58 bits per heavy atom. The largest absolute Gasteiger partial charge is 0.359 e. The lowest BCUT2D eigenvalue weighted by Gasteiger charge is -2.34. The minimum absolute atomic E-state index is 0. The van der Waals surface area contributed by atoms with E-state index < -0.39 is 0 Å². The Labute approximate surface area is 206 Å². The first kappa shape index (κ1) is 25.5. The maximum atomic E-state index is 11.7. The molecular weight excluding hydrogens is 527 g/mol. The van der Waals surface area contributed by atoms with Crippen LogP contribution in [0.1, 0.15) is 37.8 Å². The smallest absolute Gasteiger partial charge is 0.220 e. The van der Waals surface area contributed by atoms with Gasteiger partial charge < -0.3 is 15.5 Å². The van der Waals surface area contributed by atoms with Crippen molar-refractivity contribution in [2.24, 2.45) is 10.9 Å². The molecule has 1 aromatic heterocycles. The molecule has 1 fully saturated rings. The van der Waals surface area contributed by atoms with Crippen LogP contribution in [-0.4, -0.2) is 59.8 Å². The van der Waals surface area contributed by atoms with E-state index in [0.29, 0.717) is 18.9 Å². The third kappa shape index (κ3) is 7.38. The Morgan fingerprint density at radius 1 is 1.29 bits per heavy atom. The molecule has 1 aliphatic heterocycles. The van der Waals surface area contributed by atoms with Gasteiger partial charge in [-0.05, 0) is 49.4 Å².